The van der Waals surface area contributed by atoms with E-state index in [1.54, 1.807) is 39.8 Å². The number of hydrogen-bond acceptors (Lipinski definition) is 7. The molecule has 0 aliphatic carbocycles. The number of anilines is 1. The van der Waals surface area contributed by atoms with Gasteiger partial charge in [0, 0.05) is 9.92 Å². The Morgan fingerprint density at radius 3 is 2.41 bits per heavy atom. The van der Waals surface area contributed by atoms with Crippen LogP contribution < -0.4 is 5.32 Å². The minimum Gasteiger partial charge on any atom is -0.462 e. The second kappa shape index (κ2) is 10.7. The van der Waals surface area contributed by atoms with E-state index in [1.165, 1.54) is 11.8 Å². The molecule has 0 aliphatic rings. The molecular formula is C20H22ClNO5S2. The Bertz CT molecular complexity index is 893. The number of carbonyl (C=O) groups excluding carboxylic acids is 3. The van der Waals surface area contributed by atoms with Crippen molar-refractivity contribution in [2.24, 2.45) is 0 Å². The molecule has 1 aromatic heterocycles. The predicted molar refractivity (Wildman–Crippen MR) is 116 cm³/mol. The second-order valence-corrected chi connectivity index (χ2v) is 8.73. The molecule has 1 amide bonds. The van der Waals surface area contributed by atoms with Crippen LogP contribution in [0, 0.1) is 6.92 Å². The molecule has 0 aliphatic heterocycles. The first-order valence-electron chi connectivity index (χ1n) is 8.92. The van der Waals surface area contributed by atoms with Crippen LogP contribution >= 0.6 is 34.7 Å². The van der Waals surface area contributed by atoms with Crippen molar-refractivity contribution in [1.29, 1.82) is 0 Å². The topological polar surface area (TPSA) is 81.7 Å². The lowest BCUT2D eigenvalue weighted by atomic mass is 10.1. The van der Waals surface area contributed by atoms with Gasteiger partial charge in [0.05, 0.1) is 24.0 Å². The third kappa shape index (κ3) is 6.48. The summed E-state index contributed by atoms with van der Waals surface area (Å²) in [5.74, 6) is -1.30. The van der Waals surface area contributed by atoms with Gasteiger partial charge in [0.15, 0.2) is 0 Å². The SMILES string of the molecule is CCOC(=O)c1c(NC(=O)CSc2ccc(Cl)cc2)sc(C(=O)OC(C)C)c1C. The van der Waals surface area contributed by atoms with Gasteiger partial charge in [-0.25, -0.2) is 9.59 Å². The zero-order chi connectivity index (χ0) is 21.6. The molecule has 0 radical (unpaired) electrons. The van der Waals surface area contributed by atoms with Crippen LogP contribution in [0.3, 0.4) is 0 Å². The lowest BCUT2D eigenvalue weighted by Crippen LogP contribution is -2.16. The van der Waals surface area contributed by atoms with Gasteiger partial charge in [0.25, 0.3) is 0 Å². The van der Waals surface area contributed by atoms with E-state index in [0.717, 1.165) is 16.2 Å². The van der Waals surface area contributed by atoms with E-state index >= 15 is 0 Å². The molecule has 1 N–H and O–H groups in total. The Morgan fingerprint density at radius 1 is 1.17 bits per heavy atom. The fraction of sp³-hybridized carbons (Fsp3) is 0.350. The summed E-state index contributed by atoms with van der Waals surface area (Å²) in [6.07, 6.45) is -0.302. The van der Waals surface area contributed by atoms with Gasteiger partial charge in [0.1, 0.15) is 9.88 Å². The van der Waals surface area contributed by atoms with E-state index in [-0.39, 0.29) is 39.8 Å². The number of ether oxygens (including phenoxy) is 2. The highest BCUT2D eigenvalue weighted by molar-refractivity contribution is 8.00. The first kappa shape index (κ1) is 23.3. The Hall–Kier alpha value is -2.03. The highest BCUT2D eigenvalue weighted by Gasteiger charge is 2.27. The number of nitrogens with one attached hydrogen (secondary N) is 1. The monoisotopic (exact) mass is 455 g/mol. The molecule has 0 saturated heterocycles. The number of amides is 1. The molecule has 1 heterocycles. The number of halogens is 1. The summed E-state index contributed by atoms with van der Waals surface area (Å²) in [7, 11) is 0. The average molecular weight is 456 g/mol. The minimum atomic E-state index is -0.592. The molecule has 1 aromatic carbocycles. The molecule has 0 atom stereocenters. The third-order valence-corrected chi connectivity index (χ3v) is 6.04. The summed E-state index contributed by atoms with van der Waals surface area (Å²) in [6, 6.07) is 7.13. The molecule has 0 bridgehead atoms. The Balaban J connectivity index is 2.20. The van der Waals surface area contributed by atoms with Crippen LogP contribution in [0.15, 0.2) is 29.2 Å². The minimum absolute atomic E-state index is 0.132. The van der Waals surface area contributed by atoms with Gasteiger partial charge in [-0.2, -0.15) is 0 Å². The van der Waals surface area contributed by atoms with Crippen molar-refractivity contribution < 1.29 is 23.9 Å². The maximum atomic E-state index is 12.4. The van der Waals surface area contributed by atoms with Gasteiger partial charge in [-0.3, -0.25) is 4.79 Å². The van der Waals surface area contributed by atoms with Crippen LogP contribution in [-0.2, 0) is 14.3 Å². The van der Waals surface area contributed by atoms with Gasteiger partial charge in [-0.1, -0.05) is 11.6 Å². The largest absolute Gasteiger partial charge is 0.462 e. The zero-order valence-corrected chi connectivity index (χ0v) is 18.9. The Labute approximate surface area is 182 Å². The van der Waals surface area contributed by atoms with Gasteiger partial charge >= 0.3 is 11.9 Å². The lowest BCUT2D eigenvalue weighted by molar-refractivity contribution is -0.113. The Morgan fingerprint density at radius 2 is 1.83 bits per heavy atom. The summed E-state index contributed by atoms with van der Waals surface area (Å²) >= 11 is 8.20. The maximum Gasteiger partial charge on any atom is 0.348 e. The van der Waals surface area contributed by atoms with E-state index in [1.807, 2.05) is 12.1 Å². The fourth-order valence-electron chi connectivity index (χ4n) is 2.36. The molecular weight excluding hydrogens is 434 g/mol. The van der Waals surface area contributed by atoms with Gasteiger partial charge in [0.2, 0.25) is 5.91 Å². The van der Waals surface area contributed by atoms with E-state index in [9.17, 15) is 14.4 Å². The standard InChI is InChI=1S/C20H22ClNO5S2/c1-5-26-19(24)16-12(4)17(20(25)27-11(2)3)29-18(16)22-15(23)10-28-14-8-6-13(21)7-9-14/h6-9,11H,5,10H2,1-4H3,(H,22,23). The summed E-state index contributed by atoms with van der Waals surface area (Å²) in [5.41, 5.74) is 0.608. The Kier molecular flexibility index (Phi) is 8.55. The number of hydrogen-bond donors (Lipinski definition) is 1. The first-order chi connectivity index (χ1) is 13.7. The van der Waals surface area contributed by atoms with Crippen molar-refractivity contribution >= 4 is 57.5 Å². The number of thiophene rings is 1. The predicted octanol–water partition coefficient (Wildman–Crippen LogP) is 5.18. The summed E-state index contributed by atoms with van der Waals surface area (Å²) in [4.78, 5) is 38.3. The number of carbonyl (C=O) groups is 3. The smallest absolute Gasteiger partial charge is 0.348 e. The molecule has 0 spiro atoms. The molecule has 0 saturated carbocycles. The van der Waals surface area contributed by atoms with E-state index in [0.29, 0.717) is 10.6 Å². The fourth-order valence-corrected chi connectivity index (χ4v) is 4.27. The van der Waals surface area contributed by atoms with E-state index in [4.69, 9.17) is 21.1 Å². The van der Waals surface area contributed by atoms with Crippen molar-refractivity contribution in [3.05, 3.63) is 45.3 Å². The van der Waals surface area contributed by atoms with Crippen molar-refractivity contribution in [2.45, 2.75) is 38.7 Å². The van der Waals surface area contributed by atoms with E-state index in [2.05, 4.69) is 5.32 Å². The van der Waals surface area contributed by atoms with Crippen molar-refractivity contribution in [1.82, 2.24) is 0 Å². The van der Waals surface area contributed by atoms with E-state index < -0.39 is 11.9 Å². The molecule has 29 heavy (non-hydrogen) atoms. The van der Waals surface area contributed by atoms with Gasteiger partial charge in [-0.05, 0) is 57.5 Å². The number of esters is 2. The maximum absolute atomic E-state index is 12.4. The lowest BCUT2D eigenvalue weighted by Gasteiger charge is -2.07. The van der Waals surface area contributed by atoms with Crippen LogP contribution in [0.2, 0.25) is 5.02 Å². The number of benzene rings is 1. The average Bonchev–Trinajstić information content (AvgIpc) is 2.97. The van der Waals surface area contributed by atoms with Crippen LogP contribution in [0.5, 0.6) is 0 Å². The second-order valence-electron chi connectivity index (χ2n) is 6.23. The quantitative estimate of drug-likeness (QED) is 0.436. The van der Waals surface area contributed by atoms with Crippen LogP contribution in [0.25, 0.3) is 0 Å². The first-order valence-corrected chi connectivity index (χ1v) is 11.1. The zero-order valence-electron chi connectivity index (χ0n) is 16.5. The summed E-state index contributed by atoms with van der Waals surface area (Å²) < 4.78 is 10.3. The molecule has 6 nitrogen and oxygen atoms in total. The van der Waals surface area contributed by atoms with Gasteiger partial charge in [-0.15, -0.1) is 23.1 Å². The third-order valence-electron chi connectivity index (χ3n) is 3.59. The van der Waals surface area contributed by atoms with Gasteiger partial charge < -0.3 is 14.8 Å². The molecule has 9 heteroatoms. The summed E-state index contributed by atoms with van der Waals surface area (Å²) in [6.45, 7) is 6.99. The number of rotatable bonds is 8. The highest BCUT2D eigenvalue weighted by Crippen LogP contribution is 2.35. The van der Waals surface area contributed by atoms with Crippen LogP contribution in [0.1, 0.15) is 46.4 Å². The number of thioether (sulfide) groups is 1. The molecule has 2 aromatic rings. The summed E-state index contributed by atoms with van der Waals surface area (Å²) in [5, 5.41) is 3.62. The van der Waals surface area contributed by atoms with Crippen LogP contribution in [0.4, 0.5) is 5.00 Å². The van der Waals surface area contributed by atoms with Crippen molar-refractivity contribution in [3.63, 3.8) is 0 Å². The van der Waals surface area contributed by atoms with Crippen molar-refractivity contribution in [3.8, 4) is 0 Å². The van der Waals surface area contributed by atoms with Crippen molar-refractivity contribution in [2.75, 3.05) is 17.7 Å². The normalized spacial score (nSPS) is 10.7. The molecule has 2 rings (SSSR count). The molecule has 0 unspecified atom stereocenters. The molecule has 156 valence electrons. The van der Waals surface area contributed by atoms with Crippen LogP contribution in [-0.4, -0.2) is 36.3 Å². The molecule has 0 fully saturated rings. The highest BCUT2D eigenvalue weighted by atomic mass is 35.5.